The first-order valence-corrected chi connectivity index (χ1v) is 10.3. The van der Waals surface area contributed by atoms with Crippen molar-refractivity contribution in [1.82, 2.24) is 13.3 Å². The molecule has 2 rings (SSSR count). The molecule has 21 heavy (non-hydrogen) atoms. The molecule has 0 aromatic rings. The van der Waals surface area contributed by atoms with Crippen molar-refractivity contribution in [1.29, 1.82) is 0 Å². The zero-order chi connectivity index (χ0) is 15.3. The van der Waals surface area contributed by atoms with Crippen LogP contribution in [0.4, 0.5) is 0 Å². The van der Waals surface area contributed by atoms with Crippen molar-refractivity contribution in [3.8, 4) is 0 Å². The third-order valence-electron chi connectivity index (χ3n) is 3.62. The molecule has 0 unspecified atom stereocenters. The van der Waals surface area contributed by atoms with Gasteiger partial charge in [0, 0.05) is 39.3 Å². The van der Waals surface area contributed by atoms with Crippen LogP contribution >= 0.6 is 0 Å². The van der Waals surface area contributed by atoms with Crippen LogP contribution in [-0.4, -0.2) is 77.1 Å². The highest BCUT2D eigenvalue weighted by Crippen LogP contribution is 2.12. The molecule has 0 bridgehead atoms. The molecule has 2 saturated heterocycles. The van der Waals surface area contributed by atoms with Crippen LogP contribution in [0.25, 0.3) is 0 Å². The van der Waals surface area contributed by atoms with Crippen molar-refractivity contribution in [2.24, 2.45) is 0 Å². The van der Waals surface area contributed by atoms with Gasteiger partial charge in [-0.2, -0.15) is 12.7 Å². The third-order valence-corrected chi connectivity index (χ3v) is 7.11. The van der Waals surface area contributed by atoms with Gasteiger partial charge in [0.05, 0.1) is 12.4 Å². The van der Waals surface area contributed by atoms with Crippen LogP contribution in [0.2, 0.25) is 0 Å². The second-order valence-corrected chi connectivity index (χ2v) is 9.03. The second-order valence-electron chi connectivity index (χ2n) is 5.19. The lowest BCUT2D eigenvalue weighted by molar-refractivity contribution is 0.148. The van der Waals surface area contributed by atoms with Crippen molar-refractivity contribution in [2.75, 3.05) is 51.7 Å². The Balaban J connectivity index is 1.83. The molecular formula is C11H23N3O5S2. The van der Waals surface area contributed by atoms with E-state index in [1.807, 2.05) is 0 Å². The minimum atomic E-state index is -3.63. The van der Waals surface area contributed by atoms with E-state index >= 15 is 0 Å². The van der Waals surface area contributed by atoms with Crippen LogP contribution in [-0.2, 0) is 25.0 Å². The lowest BCUT2D eigenvalue weighted by Crippen LogP contribution is -2.44. The molecule has 10 heteroatoms. The Morgan fingerprint density at radius 1 is 0.857 bits per heavy atom. The molecule has 2 aliphatic rings. The number of hydrogen-bond donors (Lipinski definition) is 1. The van der Waals surface area contributed by atoms with Gasteiger partial charge in [-0.3, -0.25) is 0 Å². The van der Waals surface area contributed by atoms with E-state index < -0.39 is 20.2 Å². The molecule has 2 fully saturated rings. The number of nitrogens with zero attached hydrogens (tertiary/aromatic N) is 2. The minimum Gasteiger partial charge on any atom is -0.380 e. The van der Waals surface area contributed by atoms with Crippen molar-refractivity contribution >= 4 is 20.2 Å². The van der Waals surface area contributed by atoms with Gasteiger partial charge >= 0.3 is 0 Å². The topological polar surface area (TPSA) is 96.0 Å². The molecular weight excluding hydrogens is 318 g/mol. The predicted molar refractivity (Wildman–Crippen MR) is 78.5 cm³/mol. The Morgan fingerprint density at radius 3 is 2.24 bits per heavy atom. The lowest BCUT2D eigenvalue weighted by Gasteiger charge is -2.20. The Bertz CT molecular complexity index is 520. The van der Waals surface area contributed by atoms with Gasteiger partial charge in [0.25, 0.3) is 10.2 Å². The summed E-state index contributed by atoms with van der Waals surface area (Å²) in [6.07, 6.45) is 2.39. The zero-order valence-electron chi connectivity index (χ0n) is 12.0. The average molecular weight is 341 g/mol. The van der Waals surface area contributed by atoms with E-state index in [-0.39, 0.29) is 12.3 Å². The van der Waals surface area contributed by atoms with E-state index in [1.54, 1.807) is 0 Å². The molecule has 0 aliphatic carbocycles. The van der Waals surface area contributed by atoms with Gasteiger partial charge in [-0.25, -0.2) is 17.4 Å². The van der Waals surface area contributed by atoms with Gasteiger partial charge < -0.3 is 4.74 Å². The van der Waals surface area contributed by atoms with Crippen LogP contribution in [0.15, 0.2) is 0 Å². The lowest BCUT2D eigenvalue weighted by atomic mass is 10.4. The number of ether oxygens (including phenoxy) is 1. The molecule has 0 radical (unpaired) electrons. The first-order valence-electron chi connectivity index (χ1n) is 7.22. The highest BCUT2D eigenvalue weighted by Gasteiger charge is 2.27. The highest BCUT2D eigenvalue weighted by atomic mass is 32.2. The molecule has 2 aliphatic heterocycles. The second kappa shape index (κ2) is 7.34. The van der Waals surface area contributed by atoms with Crippen LogP contribution in [0.3, 0.4) is 0 Å². The summed E-state index contributed by atoms with van der Waals surface area (Å²) >= 11 is 0. The fourth-order valence-corrected chi connectivity index (χ4v) is 5.24. The van der Waals surface area contributed by atoms with Crippen LogP contribution in [0, 0.1) is 0 Å². The molecule has 0 aromatic heterocycles. The van der Waals surface area contributed by atoms with E-state index in [0.29, 0.717) is 45.8 Å². The van der Waals surface area contributed by atoms with Crippen LogP contribution < -0.4 is 4.72 Å². The van der Waals surface area contributed by atoms with Crippen molar-refractivity contribution in [2.45, 2.75) is 19.3 Å². The maximum atomic E-state index is 12.1. The Morgan fingerprint density at radius 2 is 1.52 bits per heavy atom. The van der Waals surface area contributed by atoms with E-state index in [1.165, 1.54) is 8.61 Å². The summed E-state index contributed by atoms with van der Waals surface area (Å²) in [6, 6.07) is 0. The third kappa shape index (κ3) is 4.86. The Labute approximate surface area is 126 Å². The van der Waals surface area contributed by atoms with Gasteiger partial charge in [0.1, 0.15) is 0 Å². The minimum absolute atomic E-state index is 0.0987. The summed E-state index contributed by atoms with van der Waals surface area (Å²) < 4.78 is 58.5. The van der Waals surface area contributed by atoms with Gasteiger partial charge in [-0.15, -0.1) is 0 Å². The molecule has 0 saturated carbocycles. The van der Waals surface area contributed by atoms with E-state index in [4.69, 9.17) is 4.74 Å². The number of hydrogen-bond acceptors (Lipinski definition) is 5. The van der Waals surface area contributed by atoms with Crippen molar-refractivity contribution < 1.29 is 21.6 Å². The smallest absolute Gasteiger partial charge is 0.279 e. The van der Waals surface area contributed by atoms with Crippen LogP contribution in [0.5, 0.6) is 0 Å². The highest BCUT2D eigenvalue weighted by molar-refractivity contribution is 7.89. The standard InChI is InChI=1S/C11H23N3O5S2/c15-20(16,13-5-1-2-6-13)11-4-12-21(17,18)14-7-3-9-19-10-8-14/h12H,1-11H2. The monoisotopic (exact) mass is 341 g/mol. The van der Waals surface area contributed by atoms with Crippen molar-refractivity contribution in [3.05, 3.63) is 0 Å². The van der Waals surface area contributed by atoms with E-state index in [2.05, 4.69) is 4.72 Å². The van der Waals surface area contributed by atoms with E-state index in [0.717, 1.165) is 12.8 Å². The van der Waals surface area contributed by atoms with Gasteiger partial charge in [0.15, 0.2) is 0 Å². The quantitative estimate of drug-likeness (QED) is 0.666. The summed E-state index contributed by atoms with van der Waals surface area (Å²) in [5, 5.41) is 0. The number of rotatable bonds is 6. The van der Waals surface area contributed by atoms with Gasteiger partial charge in [-0.1, -0.05) is 0 Å². The largest absolute Gasteiger partial charge is 0.380 e. The zero-order valence-corrected chi connectivity index (χ0v) is 13.7. The summed E-state index contributed by atoms with van der Waals surface area (Å²) in [7, 11) is -6.99. The Hall–Kier alpha value is -0.260. The van der Waals surface area contributed by atoms with Gasteiger partial charge in [0.2, 0.25) is 10.0 Å². The molecule has 0 spiro atoms. The summed E-state index contributed by atoms with van der Waals surface area (Å²) in [5.41, 5.74) is 0. The van der Waals surface area contributed by atoms with Crippen LogP contribution in [0.1, 0.15) is 19.3 Å². The molecule has 8 nitrogen and oxygen atoms in total. The fourth-order valence-electron chi connectivity index (χ4n) is 2.45. The molecule has 0 amide bonds. The summed E-state index contributed by atoms with van der Waals surface area (Å²) in [4.78, 5) is 0. The van der Waals surface area contributed by atoms with Gasteiger partial charge in [-0.05, 0) is 19.3 Å². The maximum Gasteiger partial charge on any atom is 0.279 e. The average Bonchev–Trinajstić information content (AvgIpc) is 2.81. The van der Waals surface area contributed by atoms with E-state index in [9.17, 15) is 16.8 Å². The summed E-state index contributed by atoms with van der Waals surface area (Å²) in [6.45, 7) is 2.60. The first-order chi connectivity index (χ1) is 9.92. The first kappa shape index (κ1) is 17.1. The maximum absolute atomic E-state index is 12.1. The normalized spacial score (nSPS) is 23.2. The molecule has 0 atom stereocenters. The number of sulfonamides is 1. The molecule has 0 aromatic carbocycles. The molecule has 124 valence electrons. The van der Waals surface area contributed by atoms with Crippen molar-refractivity contribution in [3.63, 3.8) is 0 Å². The SMILES string of the molecule is O=S(=O)(CCNS(=O)(=O)N1CCCOCC1)N1CCCC1. The predicted octanol–water partition coefficient (Wildman–Crippen LogP) is -1.03. The number of nitrogens with one attached hydrogen (secondary N) is 1. The molecule has 2 heterocycles. The Kier molecular flexibility index (Phi) is 5.97. The summed E-state index contributed by atoms with van der Waals surface area (Å²) in [5.74, 6) is -0.198. The molecule has 1 N–H and O–H groups in total. The fraction of sp³-hybridized carbons (Fsp3) is 1.00.